The SMILES string of the molecule is CCCCCn1ncc(-c2ccc(CP(=O)(OCC)OCC)cc2)n1. The van der Waals surface area contributed by atoms with E-state index in [4.69, 9.17) is 9.05 Å². The zero-order chi connectivity index (χ0) is 18.1. The summed E-state index contributed by atoms with van der Waals surface area (Å²) < 4.78 is 23.3. The van der Waals surface area contributed by atoms with Gasteiger partial charge in [-0.05, 0) is 25.8 Å². The Balaban J connectivity index is 2.03. The standard InChI is InChI=1S/C18H28N3O3P/c1-4-7-8-13-21-19-14-18(20-21)17-11-9-16(10-12-17)15-25(22,23-5-2)24-6-3/h9-12,14H,4-8,13,15H2,1-3H3. The lowest BCUT2D eigenvalue weighted by atomic mass is 10.1. The van der Waals surface area contributed by atoms with Gasteiger partial charge in [-0.25, -0.2) is 0 Å². The average molecular weight is 365 g/mol. The van der Waals surface area contributed by atoms with Crippen molar-refractivity contribution in [3.8, 4) is 11.3 Å². The molecule has 0 aliphatic carbocycles. The topological polar surface area (TPSA) is 66.2 Å². The van der Waals surface area contributed by atoms with Crippen molar-refractivity contribution in [2.45, 2.75) is 52.7 Å². The van der Waals surface area contributed by atoms with Gasteiger partial charge in [0.25, 0.3) is 0 Å². The van der Waals surface area contributed by atoms with E-state index >= 15 is 0 Å². The van der Waals surface area contributed by atoms with Gasteiger partial charge in [-0.2, -0.15) is 15.0 Å². The van der Waals surface area contributed by atoms with E-state index in [-0.39, 0.29) is 6.16 Å². The molecule has 7 heteroatoms. The Bertz CT molecular complexity index is 675. The third-order valence-electron chi connectivity index (χ3n) is 3.78. The molecule has 6 nitrogen and oxygen atoms in total. The van der Waals surface area contributed by atoms with Crippen LogP contribution in [0, 0.1) is 0 Å². The highest BCUT2D eigenvalue weighted by molar-refractivity contribution is 7.53. The van der Waals surface area contributed by atoms with Crippen molar-refractivity contribution < 1.29 is 13.6 Å². The molecule has 0 aliphatic rings. The summed E-state index contributed by atoms with van der Waals surface area (Å²) in [6.45, 7) is 7.40. The summed E-state index contributed by atoms with van der Waals surface area (Å²) in [4.78, 5) is 1.75. The monoisotopic (exact) mass is 365 g/mol. The molecule has 0 spiro atoms. The molecule has 0 atom stereocenters. The lowest BCUT2D eigenvalue weighted by molar-refractivity contribution is 0.219. The third kappa shape index (κ3) is 6.07. The second-order valence-corrected chi connectivity index (χ2v) is 7.89. The summed E-state index contributed by atoms with van der Waals surface area (Å²) in [5.41, 5.74) is 2.76. The maximum atomic E-state index is 12.6. The van der Waals surface area contributed by atoms with Crippen LogP contribution in [0.1, 0.15) is 45.6 Å². The number of aromatic nitrogens is 3. The predicted octanol–water partition coefficient (Wildman–Crippen LogP) is 4.90. The minimum atomic E-state index is -3.07. The predicted molar refractivity (Wildman–Crippen MR) is 99.5 cm³/mol. The van der Waals surface area contributed by atoms with Crippen molar-refractivity contribution >= 4 is 7.60 Å². The summed E-state index contributed by atoms with van der Waals surface area (Å²) in [6, 6.07) is 7.82. The minimum Gasteiger partial charge on any atom is -0.309 e. The van der Waals surface area contributed by atoms with Crippen LogP contribution in [0.2, 0.25) is 0 Å². The van der Waals surface area contributed by atoms with Gasteiger partial charge in [0.1, 0.15) is 5.69 Å². The van der Waals surface area contributed by atoms with E-state index in [2.05, 4.69) is 17.1 Å². The number of unbranched alkanes of at least 4 members (excludes halogenated alkanes) is 2. The van der Waals surface area contributed by atoms with E-state index in [1.807, 2.05) is 38.1 Å². The van der Waals surface area contributed by atoms with Gasteiger partial charge in [-0.3, -0.25) is 4.57 Å². The van der Waals surface area contributed by atoms with Gasteiger partial charge in [0.15, 0.2) is 0 Å². The highest BCUT2D eigenvalue weighted by atomic mass is 31.2. The van der Waals surface area contributed by atoms with Crippen molar-refractivity contribution in [2.24, 2.45) is 0 Å². The Morgan fingerprint density at radius 1 is 1.04 bits per heavy atom. The first-order valence-corrected chi connectivity index (χ1v) is 10.7. The normalized spacial score (nSPS) is 11.8. The van der Waals surface area contributed by atoms with Gasteiger partial charge in [-0.1, -0.05) is 44.0 Å². The van der Waals surface area contributed by atoms with Crippen molar-refractivity contribution in [2.75, 3.05) is 13.2 Å². The lowest BCUT2D eigenvalue weighted by Crippen LogP contribution is -2.02. The summed E-state index contributed by atoms with van der Waals surface area (Å²) >= 11 is 0. The van der Waals surface area contributed by atoms with E-state index < -0.39 is 7.60 Å². The fourth-order valence-corrected chi connectivity index (χ4v) is 4.27. The fourth-order valence-electron chi connectivity index (χ4n) is 2.57. The van der Waals surface area contributed by atoms with Crippen LogP contribution in [0.5, 0.6) is 0 Å². The van der Waals surface area contributed by atoms with Crippen LogP contribution in [0.25, 0.3) is 11.3 Å². The molecule has 0 bridgehead atoms. The number of benzene rings is 1. The van der Waals surface area contributed by atoms with Crippen molar-refractivity contribution in [3.63, 3.8) is 0 Å². The molecule has 0 unspecified atom stereocenters. The molecule has 2 rings (SSSR count). The zero-order valence-corrected chi connectivity index (χ0v) is 16.2. The molecule has 0 radical (unpaired) electrons. The molecular formula is C18H28N3O3P. The molecule has 2 aromatic rings. The van der Waals surface area contributed by atoms with Gasteiger partial charge in [0.2, 0.25) is 0 Å². The maximum absolute atomic E-state index is 12.6. The number of hydrogen-bond donors (Lipinski definition) is 0. The molecule has 0 N–H and O–H groups in total. The first-order valence-electron chi connectivity index (χ1n) is 8.97. The Kier molecular flexibility index (Phi) is 7.82. The van der Waals surface area contributed by atoms with E-state index in [0.717, 1.165) is 29.8 Å². The molecule has 0 saturated carbocycles. The lowest BCUT2D eigenvalue weighted by Gasteiger charge is -2.17. The Labute approximate surface area is 150 Å². The number of aryl methyl sites for hydroxylation is 1. The quantitative estimate of drug-likeness (QED) is 0.418. The van der Waals surface area contributed by atoms with E-state index in [1.54, 1.807) is 11.0 Å². The van der Waals surface area contributed by atoms with Crippen LogP contribution < -0.4 is 0 Å². The second kappa shape index (κ2) is 9.85. The van der Waals surface area contributed by atoms with Crippen LogP contribution in [0.4, 0.5) is 0 Å². The van der Waals surface area contributed by atoms with Gasteiger partial charge in [-0.15, -0.1) is 0 Å². The van der Waals surface area contributed by atoms with Crippen LogP contribution >= 0.6 is 7.60 Å². The number of rotatable bonds is 11. The van der Waals surface area contributed by atoms with Crippen LogP contribution in [-0.4, -0.2) is 28.2 Å². The molecule has 0 fully saturated rings. The number of hydrogen-bond acceptors (Lipinski definition) is 5. The number of nitrogens with zero attached hydrogens (tertiary/aromatic N) is 3. The van der Waals surface area contributed by atoms with Crippen molar-refractivity contribution in [3.05, 3.63) is 36.0 Å². The molecule has 0 amide bonds. The third-order valence-corrected chi connectivity index (χ3v) is 5.83. The van der Waals surface area contributed by atoms with E-state index in [0.29, 0.717) is 13.2 Å². The fraction of sp³-hybridized carbons (Fsp3) is 0.556. The molecule has 1 heterocycles. The molecular weight excluding hydrogens is 337 g/mol. The zero-order valence-electron chi connectivity index (χ0n) is 15.4. The summed E-state index contributed by atoms with van der Waals surface area (Å²) in [5.74, 6) is 0. The smallest absolute Gasteiger partial charge is 0.309 e. The van der Waals surface area contributed by atoms with Crippen LogP contribution in [-0.2, 0) is 26.3 Å². The van der Waals surface area contributed by atoms with Gasteiger partial charge in [0, 0.05) is 5.56 Å². The molecule has 138 valence electrons. The first kappa shape index (κ1) is 19.8. The molecule has 25 heavy (non-hydrogen) atoms. The summed E-state index contributed by atoms with van der Waals surface area (Å²) in [7, 11) is -3.07. The van der Waals surface area contributed by atoms with Gasteiger partial charge in [0.05, 0.1) is 32.1 Å². The molecule has 0 saturated heterocycles. The summed E-state index contributed by atoms with van der Waals surface area (Å²) in [5, 5.41) is 8.83. The maximum Gasteiger partial charge on any atom is 0.335 e. The Morgan fingerprint density at radius 3 is 2.32 bits per heavy atom. The Morgan fingerprint density at radius 2 is 1.72 bits per heavy atom. The summed E-state index contributed by atoms with van der Waals surface area (Å²) in [6.07, 6.45) is 5.52. The van der Waals surface area contributed by atoms with Gasteiger partial charge < -0.3 is 9.05 Å². The molecule has 1 aromatic carbocycles. The van der Waals surface area contributed by atoms with Crippen molar-refractivity contribution in [1.29, 1.82) is 0 Å². The molecule has 0 aliphatic heterocycles. The average Bonchev–Trinajstić information content (AvgIpc) is 3.05. The van der Waals surface area contributed by atoms with E-state index in [9.17, 15) is 4.57 Å². The largest absolute Gasteiger partial charge is 0.335 e. The molecule has 1 aromatic heterocycles. The van der Waals surface area contributed by atoms with Gasteiger partial charge >= 0.3 is 7.60 Å². The minimum absolute atomic E-state index is 0.276. The first-order chi connectivity index (χ1) is 12.1. The highest BCUT2D eigenvalue weighted by Crippen LogP contribution is 2.51. The van der Waals surface area contributed by atoms with Crippen LogP contribution in [0.3, 0.4) is 0 Å². The van der Waals surface area contributed by atoms with Crippen molar-refractivity contribution in [1.82, 2.24) is 15.0 Å². The van der Waals surface area contributed by atoms with Crippen LogP contribution in [0.15, 0.2) is 30.5 Å². The van der Waals surface area contributed by atoms with E-state index in [1.165, 1.54) is 12.8 Å². The Hall–Kier alpha value is -1.49. The highest BCUT2D eigenvalue weighted by Gasteiger charge is 2.23. The second-order valence-electron chi connectivity index (χ2n) is 5.83.